The molecule has 6 unspecified atom stereocenters. The topological polar surface area (TPSA) is 45.4 Å². The summed E-state index contributed by atoms with van der Waals surface area (Å²) in [5.41, 5.74) is 2.14. The van der Waals surface area contributed by atoms with Gasteiger partial charge in [0.15, 0.2) is 11.8 Å². The number of rotatable bonds is 0. The normalized spacial score (nSPS) is 45.8. The summed E-state index contributed by atoms with van der Waals surface area (Å²) in [6, 6.07) is 0. The maximum atomic E-state index is 10.2. The molecule has 4 aliphatic carbocycles. The van der Waals surface area contributed by atoms with Crippen LogP contribution in [0.25, 0.3) is 0 Å². The molecule has 1 aromatic heterocycles. The van der Waals surface area contributed by atoms with Gasteiger partial charge in [-0.3, -0.25) is 4.57 Å². The van der Waals surface area contributed by atoms with Crippen molar-refractivity contribution in [2.24, 2.45) is 30.7 Å². The third kappa shape index (κ3) is 0.763. The minimum absolute atomic E-state index is 0.306. The Morgan fingerprint density at radius 2 is 1.44 bits per heavy atom. The van der Waals surface area contributed by atoms with Crippen molar-refractivity contribution < 1.29 is 10.2 Å². The molecule has 6 atom stereocenters. The van der Waals surface area contributed by atoms with Crippen molar-refractivity contribution in [3.05, 3.63) is 23.3 Å². The Morgan fingerprint density at radius 3 is 1.94 bits per heavy atom. The molecule has 5 rings (SSSR count). The van der Waals surface area contributed by atoms with Gasteiger partial charge in [-0.05, 0) is 48.3 Å². The van der Waals surface area contributed by atoms with Crippen LogP contribution in [0, 0.1) is 23.7 Å². The van der Waals surface area contributed by atoms with Gasteiger partial charge in [0.2, 0.25) is 0 Å². The molecule has 3 heteroatoms. The third-order valence-electron chi connectivity index (χ3n) is 6.17. The number of hydrogen-bond donors (Lipinski definition) is 2. The van der Waals surface area contributed by atoms with Gasteiger partial charge in [0.05, 0.1) is 0 Å². The molecule has 4 bridgehead atoms. The van der Waals surface area contributed by atoms with E-state index in [0.29, 0.717) is 23.6 Å². The van der Waals surface area contributed by atoms with Crippen molar-refractivity contribution in [3.63, 3.8) is 0 Å². The van der Waals surface area contributed by atoms with Crippen LogP contribution in [0.3, 0.4) is 0 Å². The average molecular weight is 243 g/mol. The van der Waals surface area contributed by atoms with Crippen molar-refractivity contribution >= 4 is 0 Å². The molecule has 1 heterocycles. The number of aromatic nitrogens is 1. The first kappa shape index (κ1) is 9.54. The molecule has 2 saturated carbocycles. The number of nitrogens with zero attached hydrogens (tertiary/aromatic N) is 1. The van der Waals surface area contributed by atoms with Crippen LogP contribution in [0.5, 0.6) is 11.8 Å². The average Bonchev–Trinajstić information content (AvgIpc) is 3.11. The summed E-state index contributed by atoms with van der Waals surface area (Å²) in [5.74, 6) is 4.50. The first-order chi connectivity index (χ1) is 8.68. The molecule has 0 aromatic carbocycles. The summed E-state index contributed by atoms with van der Waals surface area (Å²) in [5, 5.41) is 20.5. The van der Waals surface area contributed by atoms with E-state index in [1.807, 2.05) is 0 Å². The molecular weight excluding hydrogens is 226 g/mol. The number of aromatic hydroxyl groups is 2. The minimum Gasteiger partial charge on any atom is -0.494 e. The zero-order valence-electron chi connectivity index (χ0n) is 10.4. The Labute approximate surface area is 106 Å². The highest BCUT2D eigenvalue weighted by molar-refractivity contribution is 5.57. The molecule has 0 spiro atoms. The summed E-state index contributed by atoms with van der Waals surface area (Å²) in [6.45, 7) is 0. The molecule has 2 fully saturated rings. The van der Waals surface area contributed by atoms with Gasteiger partial charge in [-0.2, -0.15) is 0 Å². The van der Waals surface area contributed by atoms with Crippen LogP contribution in [-0.4, -0.2) is 14.8 Å². The van der Waals surface area contributed by atoms with E-state index in [1.165, 1.54) is 6.42 Å². The lowest BCUT2D eigenvalue weighted by Gasteiger charge is -2.31. The fourth-order valence-corrected chi connectivity index (χ4v) is 5.67. The standard InChI is InChI=1S/C15H17NO2/c1-16-14(17)12-8-5-9(13(12)15(16)18)11-7-3-2-6(4-7)10(8)11/h2-3,6-11,17-18H,4-5H2,1H3. The van der Waals surface area contributed by atoms with Gasteiger partial charge in [-0.1, -0.05) is 12.2 Å². The van der Waals surface area contributed by atoms with Crippen molar-refractivity contribution in [1.82, 2.24) is 4.57 Å². The van der Waals surface area contributed by atoms with Crippen molar-refractivity contribution in [2.45, 2.75) is 24.7 Å². The fraction of sp³-hybridized carbons (Fsp3) is 0.600. The lowest BCUT2D eigenvalue weighted by Crippen LogP contribution is -2.24. The molecule has 4 aliphatic rings. The highest BCUT2D eigenvalue weighted by Gasteiger charge is 2.62. The van der Waals surface area contributed by atoms with Crippen LogP contribution in [0.2, 0.25) is 0 Å². The van der Waals surface area contributed by atoms with E-state index in [4.69, 9.17) is 0 Å². The van der Waals surface area contributed by atoms with E-state index >= 15 is 0 Å². The monoisotopic (exact) mass is 243 g/mol. The number of fused-ring (bicyclic) bond motifs is 12. The second-order valence-electron chi connectivity index (χ2n) is 6.59. The molecule has 2 N–H and O–H groups in total. The lowest BCUT2D eigenvalue weighted by molar-refractivity contribution is 0.298. The van der Waals surface area contributed by atoms with E-state index < -0.39 is 0 Å². The summed E-state index contributed by atoms with van der Waals surface area (Å²) in [6.07, 6.45) is 7.25. The molecule has 3 nitrogen and oxygen atoms in total. The fourth-order valence-electron chi connectivity index (χ4n) is 5.67. The Balaban J connectivity index is 1.75. The van der Waals surface area contributed by atoms with E-state index in [-0.39, 0.29) is 0 Å². The molecule has 1 aromatic rings. The highest BCUT2D eigenvalue weighted by atomic mass is 16.3. The summed E-state index contributed by atoms with van der Waals surface area (Å²) in [4.78, 5) is 0. The van der Waals surface area contributed by atoms with E-state index in [2.05, 4.69) is 12.2 Å². The third-order valence-corrected chi connectivity index (χ3v) is 6.17. The highest BCUT2D eigenvalue weighted by Crippen LogP contribution is 2.72. The maximum absolute atomic E-state index is 10.2. The largest absolute Gasteiger partial charge is 0.494 e. The summed E-state index contributed by atoms with van der Waals surface area (Å²) < 4.78 is 1.56. The van der Waals surface area contributed by atoms with Gasteiger partial charge in [0.25, 0.3) is 0 Å². The Morgan fingerprint density at radius 1 is 0.944 bits per heavy atom. The van der Waals surface area contributed by atoms with Gasteiger partial charge in [-0.25, -0.2) is 0 Å². The predicted octanol–water partition coefficient (Wildman–Crippen LogP) is 2.46. The molecule has 0 saturated heterocycles. The SMILES string of the molecule is Cn1c(O)c2c(c1O)C1CC2C2C3C=CC(C3)C12. The second kappa shape index (κ2) is 2.63. The Hall–Kier alpha value is -1.38. The molecular formula is C15H17NO2. The maximum Gasteiger partial charge on any atom is 0.197 e. The Bertz CT molecular complexity index is 553. The Kier molecular flexibility index (Phi) is 1.39. The van der Waals surface area contributed by atoms with Crippen molar-refractivity contribution in [1.29, 1.82) is 0 Å². The van der Waals surface area contributed by atoms with Crippen molar-refractivity contribution in [2.75, 3.05) is 0 Å². The van der Waals surface area contributed by atoms with E-state index in [9.17, 15) is 10.2 Å². The van der Waals surface area contributed by atoms with Crippen LogP contribution >= 0.6 is 0 Å². The zero-order chi connectivity index (χ0) is 12.2. The van der Waals surface area contributed by atoms with Gasteiger partial charge in [0, 0.05) is 18.2 Å². The number of allylic oxidation sites excluding steroid dienone is 2. The van der Waals surface area contributed by atoms with Gasteiger partial charge < -0.3 is 10.2 Å². The van der Waals surface area contributed by atoms with Crippen molar-refractivity contribution in [3.8, 4) is 11.8 Å². The zero-order valence-corrected chi connectivity index (χ0v) is 10.4. The van der Waals surface area contributed by atoms with E-state index in [1.54, 1.807) is 11.6 Å². The second-order valence-corrected chi connectivity index (χ2v) is 6.59. The van der Waals surface area contributed by atoms with Crippen LogP contribution in [0.1, 0.15) is 35.8 Å². The molecule has 0 amide bonds. The first-order valence-electron chi connectivity index (χ1n) is 6.97. The van der Waals surface area contributed by atoms with Crippen LogP contribution < -0.4 is 0 Å². The minimum atomic E-state index is 0.306. The van der Waals surface area contributed by atoms with Gasteiger partial charge in [0.1, 0.15) is 0 Å². The van der Waals surface area contributed by atoms with Gasteiger partial charge in [-0.15, -0.1) is 0 Å². The number of hydrogen-bond acceptors (Lipinski definition) is 2. The summed E-state index contributed by atoms with van der Waals surface area (Å²) in [7, 11) is 1.76. The molecule has 94 valence electrons. The van der Waals surface area contributed by atoms with Gasteiger partial charge >= 0.3 is 0 Å². The van der Waals surface area contributed by atoms with Crippen LogP contribution in [0.4, 0.5) is 0 Å². The molecule has 0 radical (unpaired) electrons. The molecule has 0 aliphatic heterocycles. The quantitative estimate of drug-likeness (QED) is 0.543. The predicted molar refractivity (Wildman–Crippen MR) is 66.6 cm³/mol. The van der Waals surface area contributed by atoms with Crippen LogP contribution in [-0.2, 0) is 7.05 Å². The first-order valence-corrected chi connectivity index (χ1v) is 6.97. The summed E-state index contributed by atoms with van der Waals surface area (Å²) >= 11 is 0. The smallest absolute Gasteiger partial charge is 0.197 e. The molecule has 18 heavy (non-hydrogen) atoms. The van der Waals surface area contributed by atoms with E-state index in [0.717, 1.165) is 41.2 Å². The van der Waals surface area contributed by atoms with Crippen LogP contribution in [0.15, 0.2) is 12.2 Å². The lowest BCUT2D eigenvalue weighted by atomic mass is 9.72.